The third-order valence-electron chi connectivity index (χ3n) is 2.54. The minimum Gasteiger partial charge on any atom is -0.491 e. The molecule has 2 N–H and O–H groups in total. The molecule has 0 fully saturated rings. The molecule has 0 radical (unpaired) electrons. The van der Waals surface area contributed by atoms with Crippen LogP contribution in [0.15, 0.2) is 24.3 Å². The van der Waals surface area contributed by atoms with Crippen molar-refractivity contribution in [3.8, 4) is 5.75 Å². The number of carboxylic acids is 1. The number of nitrogens with one attached hydrogen (secondary N) is 1. The van der Waals surface area contributed by atoms with Crippen LogP contribution in [0.3, 0.4) is 0 Å². The standard InChI is InChI=1S/C14H21NO3/c1-3-10-18-13-7-5-4-6-12(13)15-11(2)8-9-14(16)17/h4-7,11,15H,3,8-10H2,1-2H3,(H,16,17). The minimum atomic E-state index is -0.765. The molecule has 4 nitrogen and oxygen atoms in total. The minimum absolute atomic E-state index is 0.104. The van der Waals surface area contributed by atoms with Gasteiger partial charge in [0.15, 0.2) is 0 Å². The molecule has 1 aromatic carbocycles. The number of carbonyl (C=O) groups is 1. The second-order valence-corrected chi connectivity index (χ2v) is 4.32. The number of carboxylic acid groups (broad SMARTS) is 1. The zero-order chi connectivity index (χ0) is 13.4. The fourth-order valence-corrected chi connectivity index (χ4v) is 1.60. The Morgan fingerprint density at radius 2 is 2.17 bits per heavy atom. The molecule has 0 aliphatic heterocycles. The molecule has 1 aromatic rings. The Labute approximate surface area is 108 Å². The molecule has 0 saturated heterocycles. The summed E-state index contributed by atoms with van der Waals surface area (Å²) in [5.41, 5.74) is 0.920. The third kappa shape index (κ3) is 5.08. The number of hydrogen-bond acceptors (Lipinski definition) is 3. The van der Waals surface area contributed by atoms with Crippen LogP contribution in [-0.2, 0) is 4.79 Å². The summed E-state index contributed by atoms with van der Waals surface area (Å²) in [4.78, 5) is 10.5. The number of anilines is 1. The first-order chi connectivity index (χ1) is 8.63. The molecule has 0 aromatic heterocycles. The summed E-state index contributed by atoms with van der Waals surface area (Å²) < 4.78 is 5.63. The van der Waals surface area contributed by atoms with Crippen molar-refractivity contribution < 1.29 is 14.6 Å². The van der Waals surface area contributed by atoms with Gasteiger partial charge in [0.1, 0.15) is 5.75 Å². The van der Waals surface area contributed by atoms with Gasteiger partial charge in [0.25, 0.3) is 0 Å². The zero-order valence-electron chi connectivity index (χ0n) is 11.0. The van der Waals surface area contributed by atoms with E-state index in [1.54, 1.807) is 0 Å². The van der Waals surface area contributed by atoms with Crippen LogP contribution < -0.4 is 10.1 Å². The molecule has 0 spiro atoms. The smallest absolute Gasteiger partial charge is 0.303 e. The molecule has 18 heavy (non-hydrogen) atoms. The Bertz CT molecular complexity index is 379. The van der Waals surface area contributed by atoms with E-state index in [4.69, 9.17) is 9.84 Å². The van der Waals surface area contributed by atoms with Gasteiger partial charge >= 0.3 is 5.97 Å². The molecule has 100 valence electrons. The summed E-state index contributed by atoms with van der Waals surface area (Å²) in [6, 6.07) is 7.83. The topological polar surface area (TPSA) is 58.6 Å². The van der Waals surface area contributed by atoms with Crippen molar-refractivity contribution in [3.05, 3.63) is 24.3 Å². The quantitative estimate of drug-likeness (QED) is 0.745. The Morgan fingerprint density at radius 3 is 2.83 bits per heavy atom. The monoisotopic (exact) mass is 251 g/mol. The van der Waals surface area contributed by atoms with E-state index < -0.39 is 5.97 Å². The molecule has 0 aliphatic rings. The molecule has 4 heteroatoms. The van der Waals surface area contributed by atoms with Gasteiger partial charge in [-0.25, -0.2) is 0 Å². The van der Waals surface area contributed by atoms with Gasteiger partial charge < -0.3 is 15.2 Å². The van der Waals surface area contributed by atoms with E-state index in [-0.39, 0.29) is 12.5 Å². The number of rotatable bonds is 8. The van der Waals surface area contributed by atoms with Gasteiger partial charge in [0.05, 0.1) is 12.3 Å². The van der Waals surface area contributed by atoms with Gasteiger partial charge in [-0.1, -0.05) is 19.1 Å². The fourth-order valence-electron chi connectivity index (χ4n) is 1.60. The lowest BCUT2D eigenvalue weighted by Gasteiger charge is -2.17. The van der Waals surface area contributed by atoms with Gasteiger partial charge in [-0.3, -0.25) is 4.79 Å². The molecule has 1 rings (SSSR count). The van der Waals surface area contributed by atoms with E-state index in [9.17, 15) is 4.79 Å². The molecular formula is C14H21NO3. The maximum Gasteiger partial charge on any atom is 0.303 e. The summed E-state index contributed by atoms with van der Waals surface area (Å²) in [5, 5.41) is 11.9. The lowest BCUT2D eigenvalue weighted by atomic mass is 10.1. The zero-order valence-corrected chi connectivity index (χ0v) is 11.0. The van der Waals surface area contributed by atoms with E-state index >= 15 is 0 Å². The highest BCUT2D eigenvalue weighted by molar-refractivity contribution is 5.66. The van der Waals surface area contributed by atoms with Crippen molar-refractivity contribution in [2.24, 2.45) is 0 Å². The van der Waals surface area contributed by atoms with Gasteiger partial charge in [-0.05, 0) is 31.9 Å². The van der Waals surface area contributed by atoms with Crippen LogP contribution in [0.1, 0.15) is 33.1 Å². The molecule has 0 aliphatic carbocycles. The predicted octanol–water partition coefficient (Wildman–Crippen LogP) is 3.14. The molecule has 1 unspecified atom stereocenters. The van der Waals surface area contributed by atoms with Crippen molar-refractivity contribution in [2.75, 3.05) is 11.9 Å². The number of ether oxygens (including phenoxy) is 1. The maximum absolute atomic E-state index is 10.5. The van der Waals surface area contributed by atoms with Crippen LogP contribution >= 0.6 is 0 Å². The van der Waals surface area contributed by atoms with Crippen LogP contribution in [0.25, 0.3) is 0 Å². The first-order valence-electron chi connectivity index (χ1n) is 6.33. The number of hydrogen-bond donors (Lipinski definition) is 2. The summed E-state index contributed by atoms with van der Waals surface area (Å²) >= 11 is 0. The average molecular weight is 251 g/mol. The Hall–Kier alpha value is -1.71. The SMILES string of the molecule is CCCOc1ccccc1NC(C)CCC(=O)O. The first kappa shape index (κ1) is 14.4. The normalized spacial score (nSPS) is 11.9. The molecular weight excluding hydrogens is 230 g/mol. The number of benzene rings is 1. The first-order valence-corrected chi connectivity index (χ1v) is 6.33. The summed E-state index contributed by atoms with van der Waals surface area (Å²) in [7, 11) is 0. The predicted molar refractivity (Wildman–Crippen MR) is 72.2 cm³/mol. The van der Waals surface area contributed by atoms with E-state index in [0.717, 1.165) is 17.9 Å². The molecule has 0 amide bonds. The van der Waals surface area contributed by atoms with Crippen molar-refractivity contribution in [1.29, 1.82) is 0 Å². The summed E-state index contributed by atoms with van der Waals surface area (Å²) in [6.07, 6.45) is 1.73. The third-order valence-corrected chi connectivity index (χ3v) is 2.54. The Balaban J connectivity index is 2.56. The van der Waals surface area contributed by atoms with E-state index in [1.807, 2.05) is 31.2 Å². The molecule has 0 saturated carbocycles. The van der Waals surface area contributed by atoms with Gasteiger partial charge in [0.2, 0.25) is 0 Å². The second kappa shape index (κ2) is 7.58. The lowest BCUT2D eigenvalue weighted by Crippen LogP contribution is -2.17. The van der Waals surface area contributed by atoms with Crippen LogP contribution in [0.4, 0.5) is 5.69 Å². The maximum atomic E-state index is 10.5. The Kier molecular flexibility index (Phi) is 6.05. The van der Waals surface area contributed by atoms with Crippen molar-refractivity contribution in [1.82, 2.24) is 0 Å². The summed E-state index contributed by atoms with van der Waals surface area (Å²) in [5.74, 6) is 0.0562. The van der Waals surface area contributed by atoms with E-state index in [0.29, 0.717) is 13.0 Å². The van der Waals surface area contributed by atoms with E-state index in [1.165, 1.54) is 0 Å². The van der Waals surface area contributed by atoms with Gasteiger partial charge in [-0.2, -0.15) is 0 Å². The highest BCUT2D eigenvalue weighted by Crippen LogP contribution is 2.25. The molecule has 1 atom stereocenters. The number of aliphatic carboxylic acids is 1. The van der Waals surface area contributed by atoms with Gasteiger partial charge in [0, 0.05) is 12.5 Å². The second-order valence-electron chi connectivity index (χ2n) is 4.32. The van der Waals surface area contributed by atoms with Crippen molar-refractivity contribution >= 4 is 11.7 Å². The Morgan fingerprint density at radius 1 is 1.44 bits per heavy atom. The highest BCUT2D eigenvalue weighted by atomic mass is 16.5. The fraction of sp³-hybridized carbons (Fsp3) is 0.500. The highest BCUT2D eigenvalue weighted by Gasteiger charge is 2.08. The van der Waals surface area contributed by atoms with Crippen LogP contribution in [-0.4, -0.2) is 23.7 Å². The van der Waals surface area contributed by atoms with Crippen LogP contribution in [0.5, 0.6) is 5.75 Å². The van der Waals surface area contributed by atoms with Crippen molar-refractivity contribution in [3.63, 3.8) is 0 Å². The summed E-state index contributed by atoms with van der Waals surface area (Å²) in [6.45, 7) is 4.72. The largest absolute Gasteiger partial charge is 0.491 e. The number of para-hydroxylation sites is 2. The van der Waals surface area contributed by atoms with Crippen LogP contribution in [0.2, 0.25) is 0 Å². The van der Waals surface area contributed by atoms with Crippen LogP contribution in [0, 0.1) is 0 Å². The molecule has 0 heterocycles. The van der Waals surface area contributed by atoms with Gasteiger partial charge in [-0.15, -0.1) is 0 Å². The van der Waals surface area contributed by atoms with E-state index in [2.05, 4.69) is 12.2 Å². The average Bonchev–Trinajstić information content (AvgIpc) is 2.35. The molecule has 0 bridgehead atoms. The lowest BCUT2D eigenvalue weighted by molar-refractivity contribution is -0.137. The van der Waals surface area contributed by atoms with Crippen molar-refractivity contribution in [2.45, 2.75) is 39.2 Å².